The molecule has 0 N–H and O–H groups in total. The number of hydrogen-bond acceptors (Lipinski definition) is 4. The summed E-state index contributed by atoms with van der Waals surface area (Å²) in [4.78, 5) is 11.5. The van der Waals surface area contributed by atoms with E-state index in [1.54, 1.807) is 0 Å². The predicted octanol–water partition coefficient (Wildman–Crippen LogP) is 0.637. The van der Waals surface area contributed by atoms with Gasteiger partial charge in [-0.2, -0.15) is 0 Å². The van der Waals surface area contributed by atoms with E-state index in [4.69, 9.17) is 4.74 Å². The maximum absolute atomic E-state index is 11.5. The van der Waals surface area contributed by atoms with E-state index in [9.17, 15) is 4.79 Å². The fraction of sp³-hybridized carbons (Fsp3) is 0.667. The van der Waals surface area contributed by atoms with Crippen LogP contribution in [0.25, 0.3) is 0 Å². The summed E-state index contributed by atoms with van der Waals surface area (Å²) in [5, 5.41) is 7.93. The van der Waals surface area contributed by atoms with Crippen LogP contribution in [0.4, 0.5) is 0 Å². The molecule has 0 spiro atoms. The molecule has 76 valence electrons. The molecule has 2 heterocycles. The van der Waals surface area contributed by atoms with Gasteiger partial charge in [0.25, 0.3) is 0 Å². The fourth-order valence-corrected chi connectivity index (χ4v) is 1.78. The Kier molecular flexibility index (Phi) is 2.23. The zero-order chi connectivity index (χ0) is 10.1. The summed E-state index contributed by atoms with van der Waals surface area (Å²) in [6.07, 6.45) is 0.782. The van der Waals surface area contributed by atoms with Crippen LogP contribution in [0.15, 0.2) is 0 Å². The van der Waals surface area contributed by atoms with Crippen LogP contribution >= 0.6 is 0 Å². The van der Waals surface area contributed by atoms with Crippen LogP contribution < -0.4 is 0 Å². The van der Waals surface area contributed by atoms with Crippen molar-refractivity contribution in [3.05, 3.63) is 11.6 Å². The molecule has 0 aromatic carbocycles. The summed E-state index contributed by atoms with van der Waals surface area (Å²) < 4.78 is 6.95. The molecular formula is C9H13N3O2. The molecule has 2 rings (SSSR count). The van der Waals surface area contributed by atoms with Crippen molar-refractivity contribution >= 4 is 5.97 Å². The van der Waals surface area contributed by atoms with Gasteiger partial charge < -0.3 is 9.30 Å². The van der Waals surface area contributed by atoms with Gasteiger partial charge >= 0.3 is 5.97 Å². The standard InChI is InChI=1S/C9H13N3O2/c1-3-14-9(13)7-4-5-12-6(2)10-11-8(7)12/h7H,3-5H2,1-2H3/t7-/m0/s1. The van der Waals surface area contributed by atoms with Gasteiger partial charge in [0.2, 0.25) is 0 Å². The molecule has 5 nitrogen and oxygen atoms in total. The first-order chi connectivity index (χ1) is 6.74. The molecule has 1 aromatic rings. The molecule has 1 atom stereocenters. The second kappa shape index (κ2) is 3.40. The fourth-order valence-electron chi connectivity index (χ4n) is 1.78. The Hall–Kier alpha value is -1.39. The molecule has 5 heteroatoms. The van der Waals surface area contributed by atoms with Crippen LogP contribution in [0.1, 0.15) is 30.9 Å². The highest BCUT2D eigenvalue weighted by Crippen LogP contribution is 2.27. The smallest absolute Gasteiger partial charge is 0.316 e. The summed E-state index contributed by atoms with van der Waals surface area (Å²) in [7, 11) is 0. The largest absolute Gasteiger partial charge is 0.465 e. The van der Waals surface area contributed by atoms with Crippen molar-refractivity contribution in [2.45, 2.75) is 32.7 Å². The van der Waals surface area contributed by atoms with Crippen LogP contribution in [-0.4, -0.2) is 27.3 Å². The first-order valence-corrected chi connectivity index (χ1v) is 4.80. The number of ether oxygens (including phenoxy) is 1. The van der Waals surface area contributed by atoms with E-state index in [-0.39, 0.29) is 11.9 Å². The third-order valence-electron chi connectivity index (χ3n) is 2.49. The second-order valence-electron chi connectivity index (χ2n) is 3.35. The van der Waals surface area contributed by atoms with E-state index >= 15 is 0 Å². The first kappa shape index (κ1) is 9.18. The van der Waals surface area contributed by atoms with Crippen molar-refractivity contribution in [1.82, 2.24) is 14.8 Å². The molecule has 1 aliphatic heterocycles. The number of esters is 1. The highest BCUT2D eigenvalue weighted by atomic mass is 16.5. The van der Waals surface area contributed by atoms with Crippen molar-refractivity contribution in [2.24, 2.45) is 0 Å². The maximum Gasteiger partial charge on any atom is 0.316 e. The minimum absolute atomic E-state index is 0.182. The van der Waals surface area contributed by atoms with Crippen molar-refractivity contribution in [3.8, 4) is 0 Å². The summed E-state index contributed by atoms with van der Waals surface area (Å²) in [5.74, 6) is 1.22. The molecule has 0 unspecified atom stereocenters. The number of aryl methyl sites for hydroxylation is 1. The number of carbonyl (C=O) groups excluding carboxylic acids is 1. The topological polar surface area (TPSA) is 57.0 Å². The van der Waals surface area contributed by atoms with Gasteiger partial charge in [-0.15, -0.1) is 10.2 Å². The zero-order valence-corrected chi connectivity index (χ0v) is 8.36. The average molecular weight is 195 g/mol. The van der Waals surface area contributed by atoms with Crippen LogP contribution in [0.2, 0.25) is 0 Å². The molecule has 0 fully saturated rings. The highest BCUT2D eigenvalue weighted by molar-refractivity contribution is 5.77. The lowest BCUT2D eigenvalue weighted by molar-refractivity contribution is -0.145. The Balaban J connectivity index is 2.21. The average Bonchev–Trinajstić information content (AvgIpc) is 2.69. The number of fused-ring (bicyclic) bond motifs is 1. The number of rotatable bonds is 2. The monoisotopic (exact) mass is 195 g/mol. The van der Waals surface area contributed by atoms with E-state index in [1.165, 1.54) is 0 Å². The molecule has 1 aliphatic rings. The van der Waals surface area contributed by atoms with E-state index < -0.39 is 0 Å². The normalized spacial score (nSPS) is 19.4. The summed E-state index contributed by atoms with van der Waals surface area (Å²) in [5.41, 5.74) is 0. The molecule has 0 aliphatic carbocycles. The minimum atomic E-state index is -0.212. The Morgan fingerprint density at radius 2 is 2.43 bits per heavy atom. The van der Waals surface area contributed by atoms with Crippen molar-refractivity contribution in [2.75, 3.05) is 6.61 Å². The van der Waals surface area contributed by atoms with Crippen LogP contribution in [0.5, 0.6) is 0 Å². The van der Waals surface area contributed by atoms with Crippen LogP contribution in [0.3, 0.4) is 0 Å². The van der Waals surface area contributed by atoms with Gasteiger partial charge in [0.05, 0.1) is 6.61 Å². The highest BCUT2D eigenvalue weighted by Gasteiger charge is 2.33. The van der Waals surface area contributed by atoms with Gasteiger partial charge in [0.1, 0.15) is 17.6 Å². The molecule has 0 bridgehead atoms. The van der Waals surface area contributed by atoms with Crippen LogP contribution in [0, 0.1) is 6.92 Å². The lowest BCUT2D eigenvalue weighted by atomic mass is 10.1. The van der Waals surface area contributed by atoms with Gasteiger partial charge in [0.15, 0.2) is 0 Å². The third kappa shape index (κ3) is 1.29. The van der Waals surface area contributed by atoms with Gasteiger partial charge in [-0.1, -0.05) is 0 Å². The SMILES string of the molecule is CCOC(=O)[C@H]1CCn2c(C)nnc21. The summed E-state index contributed by atoms with van der Waals surface area (Å²) in [6, 6.07) is 0. The number of nitrogens with zero attached hydrogens (tertiary/aromatic N) is 3. The van der Waals surface area contributed by atoms with Gasteiger partial charge in [-0.3, -0.25) is 4.79 Å². The number of carbonyl (C=O) groups is 1. The molecule has 0 radical (unpaired) electrons. The number of aromatic nitrogens is 3. The quantitative estimate of drug-likeness (QED) is 0.650. The number of hydrogen-bond donors (Lipinski definition) is 0. The van der Waals surface area contributed by atoms with Gasteiger partial charge in [-0.05, 0) is 20.3 Å². The Bertz CT molecular complexity index is 359. The summed E-state index contributed by atoms with van der Waals surface area (Å²) in [6.45, 7) is 4.94. The van der Waals surface area contributed by atoms with Crippen molar-refractivity contribution in [3.63, 3.8) is 0 Å². The molecule has 0 saturated carbocycles. The summed E-state index contributed by atoms with van der Waals surface area (Å²) >= 11 is 0. The van der Waals surface area contributed by atoms with E-state index in [1.807, 2.05) is 18.4 Å². The zero-order valence-electron chi connectivity index (χ0n) is 8.36. The van der Waals surface area contributed by atoms with Crippen molar-refractivity contribution in [1.29, 1.82) is 0 Å². The Morgan fingerprint density at radius 3 is 3.14 bits per heavy atom. The molecular weight excluding hydrogens is 182 g/mol. The Morgan fingerprint density at radius 1 is 1.64 bits per heavy atom. The first-order valence-electron chi connectivity index (χ1n) is 4.80. The van der Waals surface area contributed by atoms with E-state index in [0.29, 0.717) is 6.61 Å². The van der Waals surface area contributed by atoms with Crippen LogP contribution in [-0.2, 0) is 16.1 Å². The molecule has 1 aromatic heterocycles. The van der Waals surface area contributed by atoms with Gasteiger partial charge in [-0.25, -0.2) is 0 Å². The maximum atomic E-state index is 11.5. The molecule has 0 saturated heterocycles. The molecule has 14 heavy (non-hydrogen) atoms. The Labute approximate surface area is 82.1 Å². The molecule has 0 amide bonds. The van der Waals surface area contributed by atoms with E-state index in [2.05, 4.69) is 10.2 Å². The third-order valence-corrected chi connectivity index (χ3v) is 2.49. The van der Waals surface area contributed by atoms with E-state index in [0.717, 1.165) is 24.6 Å². The van der Waals surface area contributed by atoms with Gasteiger partial charge in [0, 0.05) is 6.54 Å². The van der Waals surface area contributed by atoms with Crippen molar-refractivity contribution < 1.29 is 9.53 Å². The lowest BCUT2D eigenvalue weighted by Gasteiger charge is -2.05. The minimum Gasteiger partial charge on any atom is -0.465 e. The predicted molar refractivity (Wildman–Crippen MR) is 48.8 cm³/mol. The lowest BCUT2D eigenvalue weighted by Crippen LogP contribution is -2.14. The second-order valence-corrected chi connectivity index (χ2v) is 3.35.